The minimum Gasteiger partial charge on any atom is -0.497 e. The van der Waals surface area contributed by atoms with E-state index >= 15 is 0 Å². The van der Waals surface area contributed by atoms with E-state index in [0.29, 0.717) is 10.8 Å². The van der Waals surface area contributed by atoms with Crippen LogP contribution in [0.1, 0.15) is 6.92 Å². The lowest BCUT2D eigenvalue weighted by atomic mass is 10.3. The molecule has 0 saturated carbocycles. The van der Waals surface area contributed by atoms with E-state index in [4.69, 9.17) is 15.2 Å². The molecular weight excluding hydrogens is 599 g/mol. The molecule has 0 aliphatic heterocycles. The molecule has 0 spiro atoms. The van der Waals surface area contributed by atoms with Gasteiger partial charge in [0.2, 0.25) is 5.95 Å². The van der Waals surface area contributed by atoms with Crippen molar-refractivity contribution < 1.29 is 59.6 Å². The Hall–Kier alpha value is -2.67. The Bertz CT molecular complexity index is 1330. The van der Waals surface area contributed by atoms with Gasteiger partial charge in [-0.15, -0.1) is 0 Å². The van der Waals surface area contributed by atoms with Crippen LogP contribution in [0.5, 0.6) is 5.75 Å². The summed E-state index contributed by atoms with van der Waals surface area (Å²) in [5, 5.41) is 0.312. The number of hydrogen-bond acceptors (Lipinski definition) is 10. The van der Waals surface area contributed by atoms with Crippen LogP contribution < -0.4 is 10.5 Å². The van der Waals surface area contributed by atoms with E-state index in [0.717, 1.165) is 23.6 Å². The van der Waals surface area contributed by atoms with E-state index < -0.39 is 51.5 Å². The van der Waals surface area contributed by atoms with Gasteiger partial charge in [0.15, 0.2) is 5.65 Å². The van der Waals surface area contributed by atoms with E-state index in [2.05, 4.69) is 24.4 Å². The number of nitrogens with two attached hydrogens (primary N) is 1. The van der Waals surface area contributed by atoms with Gasteiger partial charge >= 0.3 is 25.7 Å². The molecule has 2 aromatic heterocycles. The van der Waals surface area contributed by atoms with Gasteiger partial charge < -0.3 is 39.0 Å². The second-order valence-corrected chi connectivity index (χ2v) is 10.7. The van der Waals surface area contributed by atoms with Gasteiger partial charge in [0.1, 0.15) is 29.5 Å². The molecule has 4 N–H and O–H groups in total. The zero-order chi connectivity index (χ0) is 29.9. The zero-order valence-corrected chi connectivity index (χ0v) is 22.2. The summed E-state index contributed by atoms with van der Waals surface area (Å²) in [6.07, 6.45) is -10.7. The highest BCUT2D eigenvalue weighted by atomic mass is 32.2. The third kappa shape index (κ3) is 8.42. The number of fused-ring (bicyclic) bond motifs is 1. The number of imidazole rings is 1. The van der Waals surface area contributed by atoms with Gasteiger partial charge in [-0.25, -0.2) is 9.97 Å². The third-order valence-electron chi connectivity index (χ3n) is 4.72. The predicted octanol–water partition coefficient (Wildman–Crippen LogP) is 3.92. The molecule has 20 heteroatoms. The standard InChI is InChI=1S/C20H22F6N5O7PS/c1-11(38-20(39(32,33)34,36-8-18(21,22)23)37-9-19(24,25)26)7-31-10-28-14-15(31)29-17(27)30-16(14)40-13-5-3-12(35-2)4-6-13/h3-6,10-11H,7-9H2,1-2H3,(H2,27,29,30)(H2,32,33,34). The summed E-state index contributed by atoms with van der Waals surface area (Å²) in [7, 11) is -4.58. The van der Waals surface area contributed by atoms with E-state index in [1.165, 1.54) is 18.0 Å². The fourth-order valence-electron chi connectivity index (χ4n) is 3.16. The fraction of sp³-hybridized carbons (Fsp3) is 0.450. The second kappa shape index (κ2) is 12.1. The molecule has 0 bridgehead atoms. The number of alkyl halides is 6. The van der Waals surface area contributed by atoms with E-state index in [1.807, 2.05) is 0 Å². The van der Waals surface area contributed by atoms with Crippen molar-refractivity contribution in [2.24, 2.45) is 0 Å². The first kappa shape index (κ1) is 31.9. The summed E-state index contributed by atoms with van der Waals surface area (Å²) in [4.78, 5) is 32.4. The maximum absolute atomic E-state index is 12.8. The number of methoxy groups -OCH3 is 1. The first-order chi connectivity index (χ1) is 18.4. The van der Waals surface area contributed by atoms with Gasteiger partial charge in [-0.05, 0) is 31.2 Å². The molecule has 0 saturated heterocycles. The molecule has 0 aliphatic rings. The normalized spacial score (nSPS) is 14.1. The van der Waals surface area contributed by atoms with Gasteiger partial charge in [-0.1, -0.05) is 11.8 Å². The van der Waals surface area contributed by atoms with Crippen molar-refractivity contribution in [2.75, 3.05) is 26.1 Å². The third-order valence-corrected chi connectivity index (χ3v) is 6.78. The number of anilines is 1. The Morgan fingerprint density at radius 2 is 1.62 bits per heavy atom. The smallest absolute Gasteiger partial charge is 0.415 e. The second-order valence-electron chi connectivity index (χ2n) is 8.04. The number of rotatable bonds is 12. The van der Waals surface area contributed by atoms with E-state index in [-0.39, 0.29) is 17.1 Å². The van der Waals surface area contributed by atoms with Crippen molar-refractivity contribution in [1.82, 2.24) is 19.5 Å². The molecule has 222 valence electrons. The van der Waals surface area contributed by atoms with Crippen LogP contribution in [0.25, 0.3) is 11.2 Å². The van der Waals surface area contributed by atoms with Gasteiger partial charge in [0.05, 0.1) is 26.1 Å². The molecular formula is C20H22F6N5O7PS. The number of nitrogen functional groups attached to an aromatic ring is 1. The molecule has 40 heavy (non-hydrogen) atoms. The van der Waals surface area contributed by atoms with E-state index in [1.54, 1.807) is 24.3 Å². The Balaban J connectivity index is 1.89. The quantitative estimate of drug-likeness (QED) is 0.116. The SMILES string of the molecule is COc1ccc(Sc2nc(N)nc3c2ncn3CC(C)OC(OCC(F)(F)F)(OCC(F)(F)F)P(=O)(O)O)cc1. The van der Waals surface area contributed by atoms with Gasteiger partial charge in [0.25, 0.3) is 0 Å². The number of benzene rings is 1. The van der Waals surface area contributed by atoms with Gasteiger partial charge in [0, 0.05) is 4.90 Å². The van der Waals surface area contributed by atoms with Crippen molar-refractivity contribution in [3.8, 4) is 5.75 Å². The van der Waals surface area contributed by atoms with Crippen molar-refractivity contribution in [3.63, 3.8) is 0 Å². The first-order valence-corrected chi connectivity index (χ1v) is 13.3. The molecule has 0 aliphatic carbocycles. The lowest BCUT2D eigenvalue weighted by molar-refractivity contribution is -0.382. The molecule has 3 rings (SSSR count). The number of nitrogens with zero attached hydrogens (tertiary/aromatic N) is 4. The maximum Gasteiger partial charge on any atom is 0.415 e. The summed E-state index contributed by atoms with van der Waals surface area (Å²) in [6, 6.07) is 6.89. The Kier molecular flexibility index (Phi) is 9.60. The first-order valence-electron chi connectivity index (χ1n) is 10.9. The number of hydrogen-bond donors (Lipinski definition) is 3. The molecule has 1 aromatic carbocycles. The lowest BCUT2D eigenvalue weighted by Crippen LogP contribution is -2.46. The minimum absolute atomic E-state index is 0.0909. The number of halogens is 6. The molecule has 2 heterocycles. The summed E-state index contributed by atoms with van der Waals surface area (Å²) in [5.74, 6) is 0.421. The van der Waals surface area contributed by atoms with Crippen LogP contribution in [0.4, 0.5) is 32.3 Å². The average Bonchev–Trinajstić information content (AvgIpc) is 3.22. The average molecular weight is 621 g/mol. The predicted molar refractivity (Wildman–Crippen MR) is 126 cm³/mol. The zero-order valence-electron chi connectivity index (χ0n) is 20.5. The van der Waals surface area contributed by atoms with Crippen molar-refractivity contribution in [2.45, 2.75) is 47.6 Å². The highest BCUT2D eigenvalue weighted by Crippen LogP contribution is 2.54. The highest BCUT2D eigenvalue weighted by molar-refractivity contribution is 7.99. The minimum atomic E-state index is -6.08. The van der Waals surface area contributed by atoms with Crippen LogP contribution in [-0.4, -0.2) is 73.8 Å². The van der Waals surface area contributed by atoms with Crippen LogP contribution in [-0.2, 0) is 25.3 Å². The lowest BCUT2D eigenvalue weighted by Gasteiger charge is -2.35. The summed E-state index contributed by atoms with van der Waals surface area (Å²) in [5.41, 5.74) is 2.11. The van der Waals surface area contributed by atoms with E-state index in [9.17, 15) is 40.7 Å². The molecule has 0 fully saturated rings. The summed E-state index contributed by atoms with van der Waals surface area (Å²) < 4.78 is 108. The van der Waals surface area contributed by atoms with Crippen LogP contribution in [0.3, 0.4) is 0 Å². The Labute approximate surface area is 225 Å². The Morgan fingerprint density at radius 1 is 1.05 bits per heavy atom. The Morgan fingerprint density at radius 3 is 2.12 bits per heavy atom. The monoisotopic (exact) mass is 621 g/mol. The van der Waals surface area contributed by atoms with Crippen molar-refractivity contribution in [1.29, 1.82) is 0 Å². The van der Waals surface area contributed by atoms with Crippen LogP contribution in [0, 0.1) is 0 Å². The van der Waals surface area contributed by atoms with Crippen molar-refractivity contribution in [3.05, 3.63) is 30.6 Å². The maximum atomic E-state index is 12.8. The van der Waals surface area contributed by atoms with Crippen LogP contribution in [0.2, 0.25) is 0 Å². The van der Waals surface area contributed by atoms with Crippen molar-refractivity contribution >= 4 is 36.5 Å². The molecule has 3 aromatic rings. The molecule has 1 unspecified atom stereocenters. The largest absolute Gasteiger partial charge is 0.497 e. The van der Waals surface area contributed by atoms with Gasteiger partial charge in [-0.3, -0.25) is 4.57 Å². The fourth-order valence-corrected chi connectivity index (χ4v) is 4.81. The molecule has 12 nitrogen and oxygen atoms in total. The number of ether oxygens (including phenoxy) is 4. The highest BCUT2D eigenvalue weighted by Gasteiger charge is 2.56. The summed E-state index contributed by atoms with van der Waals surface area (Å²) in [6.45, 7) is -4.10. The van der Waals surface area contributed by atoms with Gasteiger partial charge in [-0.2, -0.15) is 31.3 Å². The molecule has 1 atom stereocenters. The number of aromatic nitrogens is 4. The van der Waals surface area contributed by atoms with Crippen LogP contribution >= 0.6 is 19.4 Å². The topological polar surface area (TPSA) is 164 Å². The molecule has 0 radical (unpaired) electrons. The molecule has 0 amide bonds. The summed E-state index contributed by atoms with van der Waals surface area (Å²) >= 11 is 1.16. The van der Waals surface area contributed by atoms with Crippen LogP contribution in [0.15, 0.2) is 40.5 Å².